The lowest BCUT2D eigenvalue weighted by Gasteiger charge is -2.28. The number of hydrogen-bond acceptors (Lipinski definition) is 4. The van der Waals surface area contributed by atoms with Crippen molar-refractivity contribution >= 4 is 23.4 Å². The fourth-order valence-electron chi connectivity index (χ4n) is 3.69. The molecule has 0 radical (unpaired) electrons. The summed E-state index contributed by atoms with van der Waals surface area (Å²) in [5.74, 6) is -0.758. The lowest BCUT2D eigenvalue weighted by Crippen LogP contribution is -2.47. The van der Waals surface area contributed by atoms with E-state index in [1.54, 1.807) is 29.2 Å². The van der Waals surface area contributed by atoms with Gasteiger partial charge in [0, 0.05) is 12.5 Å². The number of carbonyl (C=O) groups is 3. The van der Waals surface area contributed by atoms with Crippen LogP contribution >= 0.6 is 0 Å². The van der Waals surface area contributed by atoms with E-state index < -0.39 is 6.04 Å². The molecule has 2 aromatic rings. The zero-order valence-electron chi connectivity index (χ0n) is 16.0. The Morgan fingerprint density at radius 1 is 1.07 bits per heavy atom. The van der Waals surface area contributed by atoms with E-state index in [0.717, 1.165) is 23.3 Å². The van der Waals surface area contributed by atoms with Gasteiger partial charge in [-0.3, -0.25) is 14.4 Å². The molecule has 6 nitrogen and oxygen atoms in total. The van der Waals surface area contributed by atoms with Crippen LogP contribution in [-0.4, -0.2) is 35.2 Å². The van der Waals surface area contributed by atoms with E-state index in [2.05, 4.69) is 0 Å². The Morgan fingerprint density at radius 2 is 1.76 bits per heavy atom. The summed E-state index contributed by atoms with van der Waals surface area (Å²) in [6.45, 7) is 0.407. The second-order valence-corrected chi connectivity index (χ2v) is 7.49. The molecule has 2 aromatic carbocycles. The highest BCUT2D eigenvalue weighted by atomic mass is 16.2. The summed E-state index contributed by atoms with van der Waals surface area (Å²) in [4.78, 5) is 41.4. The van der Waals surface area contributed by atoms with Crippen LogP contribution in [0.5, 0.6) is 0 Å². The van der Waals surface area contributed by atoms with Crippen LogP contribution in [0.4, 0.5) is 5.69 Å². The maximum Gasteiger partial charge on any atom is 0.257 e. The van der Waals surface area contributed by atoms with Crippen LogP contribution in [0.2, 0.25) is 0 Å². The Bertz CT molecular complexity index is 975. The average molecular weight is 387 g/mol. The highest BCUT2D eigenvalue weighted by molar-refractivity contribution is 6.23. The smallest absolute Gasteiger partial charge is 0.257 e. The molecule has 1 unspecified atom stereocenters. The molecule has 2 fully saturated rings. The van der Waals surface area contributed by atoms with Crippen molar-refractivity contribution in [3.63, 3.8) is 0 Å². The maximum absolute atomic E-state index is 13.1. The fraction of sp³-hybridized carbons (Fsp3) is 0.304. The molecule has 0 bridgehead atoms. The summed E-state index contributed by atoms with van der Waals surface area (Å²) in [6.07, 6.45) is 2.31. The molecule has 6 heteroatoms. The first kappa shape index (κ1) is 18.9. The predicted molar refractivity (Wildman–Crippen MR) is 107 cm³/mol. The summed E-state index contributed by atoms with van der Waals surface area (Å²) < 4.78 is 0. The Morgan fingerprint density at radius 3 is 2.38 bits per heavy atom. The third-order valence-corrected chi connectivity index (χ3v) is 5.45. The molecule has 0 spiro atoms. The Balaban J connectivity index is 1.55. The van der Waals surface area contributed by atoms with E-state index in [1.807, 2.05) is 36.4 Å². The van der Waals surface area contributed by atoms with E-state index in [9.17, 15) is 14.4 Å². The van der Waals surface area contributed by atoms with Gasteiger partial charge in [0.05, 0.1) is 23.7 Å². The molecule has 1 saturated heterocycles. The fourth-order valence-corrected chi connectivity index (χ4v) is 3.69. The molecule has 4 rings (SSSR count). The first-order valence-corrected chi connectivity index (χ1v) is 9.80. The molecule has 3 amide bonds. The van der Waals surface area contributed by atoms with Crippen molar-refractivity contribution < 1.29 is 14.4 Å². The zero-order chi connectivity index (χ0) is 20.4. The molecule has 0 N–H and O–H groups in total. The van der Waals surface area contributed by atoms with Gasteiger partial charge in [0.15, 0.2) is 0 Å². The van der Waals surface area contributed by atoms with Crippen molar-refractivity contribution in [2.75, 3.05) is 11.4 Å². The molecule has 2 aliphatic rings. The van der Waals surface area contributed by atoms with Crippen LogP contribution in [0, 0.1) is 17.2 Å². The van der Waals surface area contributed by atoms with Crippen molar-refractivity contribution in [1.29, 1.82) is 5.26 Å². The standard InChI is InChI=1S/C23H21N3O3/c24-15-17-6-10-19(11-7-17)26-21(27)14-20(23(26)29)25(22(28)18-8-9-18)13-12-16-4-2-1-3-5-16/h1-7,10-11,18,20H,8-9,12-14H2. The topological polar surface area (TPSA) is 81.5 Å². The largest absolute Gasteiger partial charge is 0.330 e. The Kier molecular flexibility index (Phi) is 5.13. The second kappa shape index (κ2) is 7.88. The first-order chi connectivity index (χ1) is 14.1. The number of hydrogen-bond donors (Lipinski definition) is 0. The lowest BCUT2D eigenvalue weighted by atomic mass is 10.1. The van der Waals surface area contributed by atoms with E-state index >= 15 is 0 Å². The minimum absolute atomic E-state index is 0.00785. The van der Waals surface area contributed by atoms with Crippen LogP contribution in [0.25, 0.3) is 0 Å². The molecule has 1 aliphatic carbocycles. The zero-order valence-corrected chi connectivity index (χ0v) is 16.0. The van der Waals surface area contributed by atoms with Gasteiger partial charge in [-0.2, -0.15) is 5.26 Å². The minimum Gasteiger partial charge on any atom is -0.330 e. The number of imide groups is 1. The van der Waals surface area contributed by atoms with Crippen LogP contribution < -0.4 is 4.90 Å². The number of benzene rings is 2. The Hall–Kier alpha value is -3.46. The normalized spacial score (nSPS) is 18.6. The number of amides is 3. The van der Waals surface area contributed by atoms with Gasteiger partial charge in [-0.05, 0) is 49.1 Å². The highest BCUT2D eigenvalue weighted by Gasteiger charge is 2.46. The number of rotatable bonds is 6. The van der Waals surface area contributed by atoms with Gasteiger partial charge in [0.25, 0.3) is 5.91 Å². The maximum atomic E-state index is 13.1. The molecule has 146 valence electrons. The van der Waals surface area contributed by atoms with Crippen molar-refractivity contribution in [2.24, 2.45) is 5.92 Å². The number of anilines is 1. The summed E-state index contributed by atoms with van der Waals surface area (Å²) >= 11 is 0. The highest BCUT2D eigenvalue weighted by Crippen LogP contribution is 2.34. The van der Waals surface area contributed by atoms with Gasteiger partial charge >= 0.3 is 0 Å². The van der Waals surface area contributed by atoms with E-state index in [4.69, 9.17) is 5.26 Å². The van der Waals surface area contributed by atoms with Crippen molar-refractivity contribution in [3.8, 4) is 6.07 Å². The molecular weight excluding hydrogens is 366 g/mol. The van der Waals surface area contributed by atoms with Gasteiger partial charge in [-0.1, -0.05) is 30.3 Å². The molecule has 1 heterocycles. The van der Waals surface area contributed by atoms with Gasteiger partial charge in [0.2, 0.25) is 11.8 Å². The van der Waals surface area contributed by atoms with Crippen molar-refractivity contribution in [3.05, 3.63) is 65.7 Å². The van der Waals surface area contributed by atoms with Crippen molar-refractivity contribution in [1.82, 2.24) is 4.90 Å². The average Bonchev–Trinajstić information content (AvgIpc) is 3.55. The third kappa shape index (κ3) is 3.90. The molecule has 1 aliphatic heterocycles. The van der Waals surface area contributed by atoms with Crippen molar-refractivity contribution in [2.45, 2.75) is 31.7 Å². The first-order valence-electron chi connectivity index (χ1n) is 9.80. The summed E-state index contributed by atoms with van der Waals surface area (Å²) in [7, 11) is 0. The van der Waals surface area contributed by atoms with E-state index in [0.29, 0.717) is 24.2 Å². The number of nitriles is 1. The molecule has 1 saturated carbocycles. The van der Waals surface area contributed by atoms with E-state index in [-0.39, 0.29) is 30.1 Å². The van der Waals surface area contributed by atoms with Gasteiger partial charge < -0.3 is 4.90 Å². The minimum atomic E-state index is -0.769. The lowest BCUT2D eigenvalue weighted by molar-refractivity contribution is -0.139. The molecule has 0 aromatic heterocycles. The van der Waals surface area contributed by atoms with Crippen LogP contribution in [-0.2, 0) is 20.8 Å². The van der Waals surface area contributed by atoms with Gasteiger partial charge in [-0.15, -0.1) is 0 Å². The van der Waals surface area contributed by atoms with Gasteiger partial charge in [-0.25, -0.2) is 4.90 Å². The predicted octanol–water partition coefficient (Wildman–Crippen LogP) is 2.67. The quantitative estimate of drug-likeness (QED) is 0.714. The molecule has 29 heavy (non-hydrogen) atoms. The third-order valence-electron chi connectivity index (χ3n) is 5.45. The molecule has 1 atom stereocenters. The number of carbonyl (C=O) groups excluding carboxylic acids is 3. The van der Waals surface area contributed by atoms with Crippen LogP contribution in [0.3, 0.4) is 0 Å². The monoisotopic (exact) mass is 387 g/mol. The SMILES string of the molecule is N#Cc1ccc(N2C(=O)CC(N(CCc3ccccc3)C(=O)C3CC3)C2=O)cc1. The van der Waals surface area contributed by atoms with E-state index in [1.165, 1.54) is 0 Å². The molecular formula is C23H21N3O3. The Labute approximate surface area is 169 Å². The summed E-state index contributed by atoms with van der Waals surface area (Å²) in [6, 6.07) is 17.4. The van der Waals surface area contributed by atoms with Gasteiger partial charge in [0.1, 0.15) is 6.04 Å². The second-order valence-electron chi connectivity index (χ2n) is 7.49. The summed E-state index contributed by atoms with van der Waals surface area (Å²) in [5, 5.41) is 8.94. The summed E-state index contributed by atoms with van der Waals surface area (Å²) in [5.41, 5.74) is 1.97. The number of nitrogens with zero attached hydrogens (tertiary/aromatic N) is 3. The van der Waals surface area contributed by atoms with Crippen LogP contribution in [0.15, 0.2) is 54.6 Å². The van der Waals surface area contributed by atoms with Crippen LogP contribution in [0.1, 0.15) is 30.4 Å².